The molecule has 12 heteroatoms. The smallest absolute Gasteiger partial charge is 0.284 e. The highest BCUT2D eigenvalue weighted by atomic mass is 19.3. The van der Waals surface area contributed by atoms with E-state index in [1.165, 1.54) is 24.1 Å². The Bertz CT molecular complexity index is 1110. The van der Waals surface area contributed by atoms with Crippen molar-refractivity contribution < 1.29 is 22.7 Å². The normalized spacial score (nSPS) is 20.9. The summed E-state index contributed by atoms with van der Waals surface area (Å²) >= 11 is 0. The molecule has 29 heavy (non-hydrogen) atoms. The molecule has 0 aliphatic carbocycles. The average Bonchev–Trinajstić information content (AvgIpc) is 3.43. The van der Waals surface area contributed by atoms with Crippen LogP contribution >= 0.6 is 0 Å². The van der Waals surface area contributed by atoms with Crippen LogP contribution in [0.5, 0.6) is 0 Å². The molecule has 0 radical (unpaired) electrons. The number of halogens is 3. The molecule has 2 bridgehead atoms. The number of hydrogen-bond donors (Lipinski definition) is 1. The fraction of sp³-hybridized carbons (Fsp3) is 0.412. The second-order valence-electron chi connectivity index (χ2n) is 7.09. The molecule has 3 aromatic rings. The standard InChI is InChI=1S/C17H16F3N7O2/c1-25-6-12(13(24-25)14(19)20)22-17(28)10-3-21-27-5-11(18)16(23-15(10)27)26-4-9-2-8(26)7-29-9/h3,5-6,8-9,14H,2,4,7H2,1H3,(H,22,28)/t8-,9-/m1/s1. The number of nitrogens with zero attached hydrogens (tertiary/aromatic N) is 6. The third-order valence-corrected chi connectivity index (χ3v) is 5.16. The number of fused-ring (bicyclic) bond motifs is 3. The maximum Gasteiger partial charge on any atom is 0.284 e. The van der Waals surface area contributed by atoms with Gasteiger partial charge in [0.15, 0.2) is 23.0 Å². The Morgan fingerprint density at radius 1 is 1.38 bits per heavy atom. The lowest BCUT2D eigenvalue weighted by atomic mass is 10.2. The van der Waals surface area contributed by atoms with E-state index in [1.807, 2.05) is 4.90 Å². The van der Waals surface area contributed by atoms with Gasteiger partial charge < -0.3 is 15.0 Å². The van der Waals surface area contributed by atoms with E-state index in [4.69, 9.17) is 4.74 Å². The summed E-state index contributed by atoms with van der Waals surface area (Å²) in [5, 5.41) is 10.0. The Labute approximate surface area is 162 Å². The molecule has 152 valence electrons. The fourth-order valence-corrected chi connectivity index (χ4v) is 3.85. The van der Waals surface area contributed by atoms with Crippen molar-refractivity contribution in [1.29, 1.82) is 0 Å². The molecule has 2 aliphatic heterocycles. The number of rotatable bonds is 4. The molecule has 3 aromatic heterocycles. The van der Waals surface area contributed by atoms with Crippen molar-refractivity contribution in [3.63, 3.8) is 0 Å². The van der Waals surface area contributed by atoms with E-state index in [9.17, 15) is 18.0 Å². The number of morpholine rings is 1. The van der Waals surface area contributed by atoms with Crippen molar-refractivity contribution in [3.05, 3.63) is 35.7 Å². The summed E-state index contributed by atoms with van der Waals surface area (Å²) in [7, 11) is 1.47. The first kappa shape index (κ1) is 17.9. The summed E-state index contributed by atoms with van der Waals surface area (Å²) in [4.78, 5) is 18.9. The minimum absolute atomic E-state index is 0.0358. The van der Waals surface area contributed by atoms with Gasteiger partial charge in [0.2, 0.25) is 0 Å². The van der Waals surface area contributed by atoms with Gasteiger partial charge in [0.05, 0.1) is 36.8 Å². The third-order valence-electron chi connectivity index (χ3n) is 5.16. The van der Waals surface area contributed by atoms with Crippen LogP contribution in [0.2, 0.25) is 0 Å². The molecular weight excluding hydrogens is 391 g/mol. The molecule has 2 atom stereocenters. The molecule has 0 aromatic carbocycles. The second-order valence-corrected chi connectivity index (χ2v) is 7.09. The number of anilines is 2. The van der Waals surface area contributed by atoms with Gasteiger partial charge in [-0.15, -0.1) is 0 Å². The minimum Gasteiger partial charge on any atom is -0.374 e. The molecule has 0 spiro atoms. The second kappa shape index (κ2) is 6.44. The number of ether oxygens (including phenoxy) is 1. The molecule has 2 aliphatic rings. The lowest BCUT2D eigenvalue weighted by Gasteiger charge is -2.28. The molecule has 2 saturated heterocycles. The molecule has 1 N–H and O–H groups in total. The van der Waals surface area contributed by atoms with Crippen LogP contribution in [0.3, 0.4) is 0 Å². The summed E-state index contributed by atoms with van der Waals surface area (Å²) < 4.78 is 48.7. The Balaban J connectivity index is 1.49. The number of nitrogens with one attached hydrogen (secondary N) is 1. The molecule has 0 saturated carbocycles. The van der Waals surface area contributed by atoms with E-state index in [2.05, 4.69) is 20.5 Å². The van der Waals surface area contributed by atoms with Gasteiger partial charge in [-0.1, -0.05) is 0 Å². The van der Waals surface area contributed by atoms with Crippen LogP contribution in [-0.4, -0.2) is 55.6 Å². The van der Waals surface area contributed by atoms with E-state index >= 15 is 0 Å². The van der Waals surface area contributed by atoms with Crippen molar-refractivity contribution in [2.45, 2.75) is 25.0 Å². The number of hydrogen-bond acceptors (Lipinski definition) is 6. The first-order valence-electron chi connectivity index (χ1n) is 8.96. The summed E-state index contributed by atoms with van der Waals surface area (Å²) in [6.07, 6.45) is 1.65. The summed E-state index contributed by atoms with van der Waals surface area (Å²) in [6.45, 7) is 1.02. The van der Waals surface area contributed by atoms with Crippen molar-refractivity contribution in [2.75, 3.05) is 23.4 Å². The zero-order valence-electron chi connectivity index (χ0n) is 15.2. The van der Waals surface area contributed by atoms with E-state index < -0.39 is 23.8 Å². The highest BCUT2D eigenvalue weighted by Crippen LogP contribution is 2.33. The van der Waals surface area contributed by atoms with Gasteiger partial charge in [-0.2, -0.15) is 10.2 Å². The SMILES string of the molecule is Cn1cc(NC(=O)c2cnn3cc(F)c(N4C[C@H]5C[C@@H]4CO5)nc23)c(C(F)F)n1. The third kappa shape index (κ3) is 2.90. The number of amides is 1. The van der Waals surface area contributed by atoms with E-state index in [1.54, 1.807) is 0 Å². The monoisotopic (exact) mass is 407 g/mol. The van der Waals surface area contributed by atoms with Crippen LogP contribution in [0.25, 0.3) is 5.65 Å². The Kier molecular flexibility index (Phi) is 3.98. The van der Waals surface area contributed by atoms with Gasteiger partial charge >= 0.3 is 0 Å². The fourth-order valence-electron chi connectivity index (χ4n) is 3.85. The predicted octanol–water partition coefficient (Wildman–Crippen LogP) is 1.77. The van der Waals surface area contributed by atoms with Crippen LogP contribution in [0.15, 0.2) is 18.6 Å². The average molecular weight is 407 g/mol. The number of carbonyl (C=O) groups excluding carboxylic acids is 1. The highest BCUT2D eigenvalue weighted by Gasteiger charge is 2.41. The quantitative estimate of drug-likeness (QED) is 0.709. The first-order valence-corrected chi connectivity index (χ1v) is 8.96. The summed E-state index contributed by atoms with van der Waals surface area (Å²) in [5.41, 5.74) is -0.477. The maximum atomic E-state index is 14.6. The van der Waals surface area contributed by atoms with Crippen LogP contribution in [-0.2, 0) is 11.8 Å². The van der Waals surface area contributed by atoms with Crippen LogP contribution in [0.1, 0.15) is 28.9 Å². The van der Waals surface area contributed by atoms with E-state index in [0.717, 1.165) is 17.1 Å². The van der Waals surface area contributed by atoms with Crippen LogP contribution in [0.4, 0.5) is 24.7 Å². The predicted molar refractivity (Wildman–Crippen MR) is 94.6 cm³/mol. The van der Waals surface area contributed by atoms with E-state index in [0.29, 0.717) is 13.2 Å². The molecule has 5 heterocycles. The largest absolute Gasteiger partial charge is 0.374 e. The number of carbonyl (C=O) groups is 1. The molecule has 2 fully saturated rings. The van der Waals surface area contributed by atoms with Gasteiger partial charge in [-0.25, -0.2) is 22.7 Å². The number of aryl methyl sites for hydroxylation is 1. The van der Waals surface area contributed by atoms with Crippen LogP contribution < -0.4 is 10.2 Å². The van der Waals surface area contributed by atoms with Crippen molar-refractivity contribution >= 4 is 23.1 Å². The molecule has 5 rings (SSSR count). The zero-order chi connectivity index (χ0) is 20.3. The van der Waals surface area contributed by atoms with Gasteiger partial charge in [0.25, 0.3) is 12.3 Å². The van der Waals surface area contributed by atoms with Crippen molar-refractivity contribution in [1.82, 2.24) is 24.4 Å². The molecule has 9 nitrogen and oxygen atoms in total. The highest BCUT2D eigenvalue weighted by molar-refractivity contribution is 6.08. The maximum absolute atomic E-state index is 14.6. The summed E-state index contributed by atoms with van der Waals surface area (Å²) in [5.74, 6) is -1.13. The van der Waals surface area contributed by atoms with Gasteiger partial charge in [0, 0.05) is 19.8 Å². The Morgan fingerprint density at radius 2 is 2.21 bits per heavy atom. The van der Waals surface area contributed by atoms with Crippen LogP contribution in [0, 0.1) is 5.82 Å². The Hall–Kier alpha value is -3.15. The number of alkyl halides is 2. The van der Waals surface area contributed by atoms with Gasteiger partial charge in [-0.3, -0.25) is 9.48 Å². The van der Waals surface area contributed by atoms with Gasteiger partial charge in [-0.05, 0) is 6.42 Å². The molecule has 1 amide bonds. The summed E-state index contributed by atoms with van der Waals surface area (Å²) in [6, 6.07) is 0.0358. The minimum atomic E-state index is -2.85. The molecule has 0 unspecified atom stereocenters. The Morgan fingerprint density at radius 3 is 2.90 bits per heavy atom. The topological polar surface area (TPSA) is 89.6 Å². The lowest BCUT2D eigenvalue weighted by Crippen LogP contribution is -2.38. The van der Waals surface area contributed by atoms with Gasteiger partial charge in [0.1, 0.15) is 5.56 Å². The first-order chi connectivity index (χ1) is 13.9. The zero-order valence-corrected chi connectivity index (χ0v) is 15.2. The number of aromatic nitrogens is 5. The molecular formula is C17H16F3N7O2. The lowest BCUT2D eigenvalue weighted by molar-refractivity contribution is 0.0986. The van der Waals surface area contributed by atoms with Crippen molar-refractivity contribution in [2.24, 2.45) is 7.05 Å². The van der Waals surface area contributed by atoms with Crippen molar-refractivity contribution in [3.8, 4) is 0 Å². The van der Waals surface area contributed by atoms with E-state index in [-0.39, 0.29) is 34.9 Å².